The van der Waals surface area contributed by atoms with Crippen molar-refractivity contribution < 1.29 is 18.7 Å². The summed E-state index contributed by atoms with van der Waals surface area (Å²) in [7, 11) is 0. The van der Waals surface area contributed by atoms with Crippen LogP contribution in [0.1, 0.15) is 5.89 Å². The summed E-state index contributed by atoms with van der Waals surface area (Å²) in [5, 5.41) is 0.542. The monoisotopic (exact) mass is 352 g/mol. The molecule has 1 amide bonds. The van der Waals surface area contributed by atoms with Gasteiger partial charge in [-0.2, -0.15) is 0 Å². The van der Waals surface area contributed by atoms with Crippen molar-refractivity contribution in [2.75, 3.05) is 18.8 Å². The molecule has 0 aliphatic carbocycles. The quantitative estimate of drug-likeness (QED) is 0.769. The predicted octanol–water partition coefficient (Wildman–Crippen LogP) is 3.21. The fourth-order valence-corrected chi connectivity index (χ4v) is 2.99. The maximum absolute atomic E-state index is 11.7. The Balaban J connectivity index is 1.53. The van der Waals surface area contributed by atoms with Gasteiger partial charge in [0.05, 0.1) is 6.20 Å². The number of halogens is 1. The molecule has 2 aromatic rings. The van der Waals surface area contributed by atoms with Crippen LogP contribution in [0, 0.1) is 0 Å². The topological polar surface area (TPSA) is 72.6 Å². The summed E-state index contributed by atoms with van der Waals surface area (Å²) in [6, 6.07) is 7.14. The molecule has 1 aromatic carbocycles. The number of oxazole rings is 1. The predicted molar refractivity (Wildman–Crippen MR) is 86.2 cm³/mol. The standard InChI is InChI=1S/C15H13ClN2O4S/c16-11-3-1-10(2-4-11)12-7-17-13(22-12)9-21-14(19)8-18-5-6-23-15(18)20/h1-4,7H,5-6,8-9H2. The lowest BCUT2D eigenvalue weighted by atomic mass is 10.2. The highest BCUT2D eigenvalue weighted by Crippen LogP contribution is 2.22. The van der Waals surface area contributed by atoms with E-state index in [1.54, 1.807) is 18.3 Å². The lowest BCUT2D eigenvalue weighted by molar-refractivity contribution is -0.146. The summed E-state index contributed by atoms with van der Waals surface area (Å²) >= 11 is 7.04. The minimum absolute atomic E-state index is 0.0451. The van der Waals surface area contributed by atoms with E-state index in [1.807, 2.05) is 12.1 Å². The molecule has 8 heteroatoms. The van der Waals surface area contributed by atoms with E-state index in [0.29, 0.717) is 29.0 Å². The van der Waals surface area contributed by atoms with E-state index >= 15 is 0 Å². The molecule has 0 radical (unpaired) electrons. The number of rotatable bonds is 5. The summed E-state index contributed by atoms with van der Waals surface area (Å²) in [5.74, 6) is 1.09. The van der Waals surface area contributed by atoms with E-state index in [0.717, 1.165) is 5.56 Å². The molecule has 0 unspecified atom stereocenters. The third-order valence-electron chi connectivity index (χ3n) is 3.20. The van der Waals surface area contributed by atoms with Gasteiger partial charge in [-0.25, -0.2) is 4.98 Å². The number of thioether (sulfide) groups is 1. The Labute approximate surface area is 141 Å². The van der Waals surface area contributed by atoms with Crippen molar-refractivity contribution in [1.82, 2.24) is 9.88 Å². The first kappa shape index (κ1) is 15.9. The molecule has 120 valence electrons. The number of nitrogens with zero attached hydrogens (tertiary/aromatic N) is 2. The van der Waals surface area contributed by atoms with Crippen LogP contribution < -0.4 is 0 Å². The maximum Gasteiger partial charge on any atom is 0.326 e. The number of hydrogen-bond acceptors (Lipinski definition) is 6. The van der Waals surface area contributed by atoms with Crippen LogP contribution in [-0.4, -0.2) is 39.9 Å². The van der Waals surface area contributed by atoms with Gasteiger partial charge < -0.3 is 14.1 Å². The molecule has 0 atom stereocenters. The van der Waals surface area contributed by atoms with Crippen molar-refractivity contribution >= 4 is 34.6 Å². The first-order chi connectivity index (χ1) is 11.1. The third kappa shape index (κ3) is 4.05. The third-order valence-corrected chi connectivity index (χ3v) is 4.35. The number of aromatic nitrogens is 1. The van der Waals surface area contributed by atoms with E-state index in [-0.39, 0.29) is 18.4 Å². The van der Waals surface area contributed by atoms with Gasteiger partial charge in [0.1, 0.15) is 6.54 Å². The van der Waals surface area contributed by atoms with Crippen molar-refractivity contribution in [2.45, 2.75) is 6.61 Å². The lowest BCUT2D eigenvalue weighted by Gasteiger charge is -2.12. The van der Waals surface area contributed by atoms with Gasteiger partial charge in [-0.1, -0.05) is 23.4 Å². The Morgan fingerprint density at radius 3 is 2.87 bits per heavy atom. The largest absolute Gasteiger partial charge is 0.454 e. The maximum atomic E-state index is 11.7. The first-order valence-corrected chi connectivity index (χ1v) is 8.26. The highest BCUT2D eigenvalue weighted by atomic mass is 35.5. The average molecular weight is 353 g/mol. The van der Waals surface area contributed by atoms with E-state index in [2.05, 4.69) is 4.98 Å². The van der Waals surface area contributed by atoms with Crippen molar-refractivity contribution in [3.05, 3.63) is 41.4 Å². The molecular weight excluding hydrogens is 340 g/mol. The zero-order valence-electron chi connectivity index (χ0n) is 12.0. The second-order valence-corrected chi connectivity index (χ2v) is 6.30. The Morgan fingerprint density at radius 1 is 1.39 bits per heavy atom. The zero-order valence-corrected chi connectivity index (χ0v) is 13.6. The summed E-state index contributed by atoms with van der Waals surface area (Å²) in [6.07, 6.45) is 1.56. The second-order valence-electron chi connectivity index (χ2n) is 4.82. The molecule has 0 spiro atoms. The van der Waals surface area contributed by atoms with Crippen LogP contribution in [0.5, 0.6) is 0 Å². The Kier molecular flexibility index (Phi) is 4.88. The molecular formula is C15H13ClN2O4S. The number of carbonyl (C=O) groups excluding carboxylic acids is 2. The van der Waals surface area contributed by atoms with Crippen LogP contribution in [0.15, 0.2) is 34.9 Å². The number of esters is 1. The number of carbonyl (C=O) groups is 2. The van der Waals surface area contributed by atoms with Crippen LogP contribution >= 0.6 is 23.4 Å². The molecule has 0 bridgehead atoms. The fraction of sp³-hybridized carbons (Fsp3) is 0.267. The normalized spacial score (nSPS) is 14.3. The van der Waals surface area contributed by atoms with Crippen LogP contribution in [0.3, 0.4) is 0 Å². The molecule has 1 aromatic heterocycles. The van der Waals surface area contributed by atoms with Gasteiger partial charge in [-0.05, 0) is 24.3 Å². The van der Waals surface area contributed by atoms with Gasteiger partial charge in [0.2, 0.25) is 5.89 Å². The summed E-state index contributed by atoms with van der Waals surface area (Å²) in [4.78, 5) is 28.7. The molecule has 1 aliphatic rings. The highest BCUT2D eigenvalue weighted by molar-refractivity contribution is 8.13. The summed E-state index contributed by atoms with van der Waals surface area (Å²) in [6.45, 7) is 0.455. The fourth-order valence-electron chi connectivity index (χ4n) is 2.04. The highest BCUT2D eigenvalue weighted by Gasteiger charge is 2.24. The first-order valence-electron chi connectivity index (χ1n) is 6.90. The molecule has 0 N–H and O–H groups in total. The molecule has 0 saturated carbocycles. The summed E-state index contributed by atoms with van der Waals surface area (Å²) in [5.41, 5.74) is 0.833. The number of amides is 1. The van der Waals surface area contributed by atoms with Crippen molar-refractivity contribution in [2.24, 2.45) is 0 Å². The molecule has 1 aliphatic heterocycles. The van der Waals surface area contributed by atoms with Gasteiger partial charge in [-0.15, -0.1) is 0 Å². The van der Waals surface area contributed by atoms with Crippen LogP contribution in [0.4, 0.5) is 4.79 Å². The molecule has 1 saturated heterocycles. The molecule has 2 heterocycles. The molecule has 6 nitrogen and oxygen atoms in total. The van der Waals surface area contributed by atoms with Crippen molar-refractivity contribution in [3.8, 4) is 11.3 Å². The van der Waals surface area contributed by atoms with Gasteiger partial charge in [0.25, 0.3) is 5.24 Å². The van der Waals surface area contributed by atoms with E-state index in [4.69, 9.17) is 20.8 Å². The van der Waals surface area contributed by atoms with Gasteiger partial charge >= 0.3 is 5.97 Å². The van der Waals surface area contributed by atoms with Crippen molar-refractivity contribution in [3.63, 3.8) is 0 Å². The molecule has 1 fully saturated rings. The lowest BCUT2D eigenvalue weighted by Crippen LogP contribution is -2.30. The Morgan fingerprint density at radius 2 is 2.17 bits per heavy atom. The van der Waals surface area contributed by atoms with E-state index in [1.165, 1.54) is 16.7 Å². The van der Waals surface area contributed by atoms with Crippen LogP contribution in [-0.2, 0) is 16.1 Å². The smallest absolute Gasteiger partial charge is 0.326 e. The minimum Gasteiger partial charge on any atom is -0.454 e. The van der Waals surface area contributed by atoms with E-state index < -0.39 is 5.97 Å². The second kappa shape index (κ2) is 7.06. The Hall–Kier alpha value is -1.99. The molecule has 3 rings (SSSR count). The Bertz CT molecular complexity index is 717. The molecule has 23 heavy (non-hydrogen) atoms. The number of ether oxygens (including phenoxy) is 1. The SMILES string of the molecule is O=C(CN1CCSC1=O)OCc1ncc(-c2ccc(Cl)cc2)o1. The van der Waals surface area contributed by atoms with Gasteiger partial charge in [0.15, 0.2) is 12.4 Å². The number of hydrogen-bond donors (Lipinski definition) is 0. The minimum atomic E-state index is -0.480. The summed E-state index contributed by atoms with van der Waals surface area (Å²) < 4.78 is 10.6. The van der Waals surface area contributed by atoms with Gasteiger partial charge in [0, 0.05) is 22.9 Å². The zero-order chi connectivity index (χ0) is 16.2. The number of benzene rings is 1. The van der Waals surface area contributed by atoms with Gasteiger partial charge in [-0.3, -0.25) is 9.59 Å². The van der Waals surface area contributed by atoms with Crippen molar-refractivity contribution in [1.29, 1.82) is 0 Å². The van der Waals surface area contributed by atoms with E-state index in [9.17, 15) is 9.59 Å². The average Bonchev–Trinajstić information content (AvgIpc) is 3.16. The van der Waals surface area contributed by atoms with Crippen LogP contribution in [0.2, 0.25) is 5.02 Å². The van der Waals surface area contributed by atoms with Crippen LogP contribution in [0.25, 0.3) is 11.3 Å².